The van der Waals surface area contributed by atoms with Crippen LogP contribution < -0.4 is 5.32 Å². The third-order valence-corrected chi connectivity index (χ3v) is 1.70. The van der Waals surface area contributed by atoms with Crippen LogP contribution in [0.3, 0.4) is 0 Å². The summed E-state index contributed by atoms with van der Waals surface area (Å²) in [5.74, 6) is -0.251. The molecular weight excluding hydrogens is 222 g/mol. The number of halogens is 1. The minimum Gasteiger partial charge on any atom is -0.355 e. The number of H-pyrrole nitrogens is 1. The third kappa shape index (κ3) is 2.10. The molecule has 0 spiro atoms. The Hall–Kier alpha value is -1.28. The van der Waals surface area contributed by atoms with E-state index in [0.29, 0.717) is 5.56 Å². The molecule has 0 radical (unpaired) electrons. The molecule has 0 atom stereocenters. The molecule has 1 amide bonds. The van der Waals surface area contributed by atoms with Crippen LogP contribution in [0.25, 0.3) is 0 Å². The maximum absolute atomic E-state index is 11.1. The molecule has 62 valence electrons. The first kappa shape index (κ1) is 8.81. The summed E-state index contributed by atoms with van der Waals surface area (Å²) in [7, 11) is 0. The molecule has 0 saturated heterocycles. The van der Waals surface area contributed by atoms with Crippen molar-refractivity contribution in [3.05, 3.63) is 22.4 Å². The second-order valence-corrected chi connectivity index (χ2v) is 2.93. The summed E-state index contributed by atoms with van der Waals surface area (Å²) < 4.78 is 0.740. The molecule has 1 aromatic rings. The number of nitrogens with one attached hydrogen (secondary N) is 2. The average Bonchev–Trinajstić information content (AvgIpc) is 2.47. The first-order chi connectivity index (χ1) is 5.74. The second-order valence-electron chi connectivity index (χ2n) is 2.08. The van der Waals surface area contributed by atoms with Crippen molar-refractivity contribution >= 4 is 21.8 Å². The third-order valence-electron chi connectivity index (χ3n) is 1.24. The lowest BCUT2D eigenvalue weighted by molar-refractivity contribution is 0.0958. The molecule has 0 saturated carbocycles. The minimum absolute atomic E-state index is 0.0294. The molecule has 5 heteroatoms. The van der Waals surface area contributed by atoms with Gasteiger partial charge in [-0.15, -0.1) is 0 Å². The Bertz CT molecular complexity index is 326. The predicted molar refractivity (Wildman–Crippen MR) is 46.4 cm³/mol. The molecule has 0 unspecified atom stereocenters. The van der Waals surface area contributed by atoms with Crippen LogP contribution in [0.1, 0.15) is 10.4 Å². The van der Waals surface area contributed by atoms with E-state index in [1.807, 2.05) is 6.07 Å². The van der Waals surface area contributed by atoms with E-state index in [1.54, 1.807) is 12.3 Å². The molecule has 4 nitrogen and oxygen atoms in total. The summed E-state index contributed by atoms with van der Waals surface area (Å²) in [5.41, 5.74) is 0.511. The van der Waals surface area contributed by atoms with Gasteiger partial charge in [0, 0.05) is 6.20 Å². The van der Waals surface area contributed by atoms with Gasteiger partial charge in [-0.05, 0) is 22.0 Å². The van der Waals surface area contributed by atoms with Gasteiger partial charge in [0.25, 0.3) is 5.91 Å². The highest BCUT2D eigenvalue weighted by Crippen LogP contribution is 2.08. The van der Waals surface area contributed by atoms with Crippen LogP contribution in [0.4, 0.5) is 0 Å². The quantitative estimate of drug-likeness (QED) is 0.742. The van der Waals surface area contributed by atoms with Crippen LogP contribution in [-0.2, 0) is 0 Å². The Labute approximate surface area is 77.7 Å². The lowest BCUT2D eigenvalue weighted by Crippen LogP contribution is -2.22. The molecule has 0 aliphatic heterocycles. The molecule has 0 aliphatic rings. The van der Waals surface area contributed by atoms with E-state index >= 15 is 0 Å². The Morgan fingerprint density at radius 2 is 2.58 bits per heavy atom. The van der Waals surface area contributed by atoms with Gasteiger partial charge in [0.2, 0.25) is 0 Å². The number of carbonyl (C=O) groups excluding carboxylic acids is 1. The van der Waals surface area contributed by atoms with E-state index in [9.17, 15) is 4.79 Å². The van der Waals surface area contributed by atoms with E-state index in [2.05, 4.69) is 26.2 Å². The first-order valence-electron chi connectivity index (χ1n) is 3.23. The zero-order valence-corrected chi connectivity index (χ0v) is 7.68. The van der Waals surface area contributed by atoms with Crippen LogP contribution in [0.5, 0.6) is 0 Å². The maximum atomic E-state index is 11.1. The van der Waals surface area contributed by atoms with E-state index < -0.39 is 0 Å². The normalized spacial score (nSPS) is 9.00. The number of hydrogen-bond donors (Lipinski definition) is 2. The zero-order chi connectivity index (χ0) is 8.97. The molecule has 1 heterocycles. The predicted octanol–water partition coefficient (Wildman–Crippen LogP) is 1.03. The molecule has 1 aromatic heterocycles. The smallest absolute Gasteiger partial charge is 0.253 e. The van der Waals surface area contributed by atoms with E-state index in [4.69, 9.17) is 5.26 Å². The zero-order valence-electron chi connectivity index (χ0n) is 6.10. The highest BCUT2D eigenvalue weighted by Gasteiger charge is 2.05. The molecule has 1 rings (SSSR count). The first-order valence-corrected chi connectivity index (χ1v) is 4.02. The Kier molecular flexibility index (Phi) is 2.88. The average molecular weight is 228 g/mol. The summed E-state index contributed by atoms with van der Waals surface area (Å²) >= 11 is 3.17. The summed E-state index contributed by atoms with van der Waals surface area (Å²) in [5, 5.41) is 10.6. The van der Waals surface area contributed by atoms with Crippen molar-refractivity contribution in [2.75, 3.05) is 6.54 Å². The van der Waals surface area contributed by atoms with Crippen molar-refractivity contribution in [3.63, 3.8) is 0 Å². The van der Waals surface area contributed by atoms with E-state index in [1.165, 1.54) is 0 Å². The number of amides is 1. The van der Waals surface area contributed by atoms with Crippen LogP contribution >= 0.6 is 15.9 Å². The SMILES string of the molecule is N#CCNC(=O)c1c[nH]c(Br)c1. The maximum Gasteiger partial charge on any atom is 0.253 e. The van der Waals surface area contributed by atoms with Gasteiger partial charge in [0.1, 0.15) is 6.54 Å². The van der Waals surface area contributed by atoms with Crippen molar-refractivity contribution in [2.45, 2.75) is 0 Å². The number of carbonyl (C=O) groups is 1. The van der Waals surface area contributed by atoms with Crippen LogP contribution in [-0.4, -0.2) is 17.4 Å². The Morgan fingerprint density at radius 3 is 3.08 bits per heavy atom. The lowest BCUT2D eigenvalue weighted by atomic mass is 10.3. The second kappa shape index (κ2) is 3.93. The summed E-state index contributed by atoms with van der Waals surface area (Å²) in [6.45, 7) is 0.0294. The van der Waals surface area contributed by atoms with Gasteiger partial charge < -0.3 is 10.3 Å². The highest BCUT2D eigenvalue weighted by molar-refractivity contribution is 9.10. The van der Waals surface area contributed by atoms with Crippen LogP contribution in [0.15, 0.2) is 16.9 Å². The number of nitrogens with zero attached hydrogens (tertiary/aromatic N) is 1. The fraction of sp³-hybridized carbons (Fsp3) is 0.143. The topological polar surface area (TPSA) is 68.7 Å². The monoisotopic (exact) mass is 227 g/mol. The van der Waals surface area contributed by atoms with Gasteiger partial charge in [0.05, 0.1) is 16.2 Å². The van der Waals surface area contributed by atoms with Gasteiger partial charge in [0.15, 0.2) is 0 Å². The van der Waals surface area contributed by atoms with Crippen molar-refractivity contribution < 1.29 is 4.79 Å². The van der Waals surface area contributed by atoms with Gasteiger partial charge in [-0.25, -0.2) is 0 Å². The van der Waals surface area contributed by atoms with Gasteiger partial charge >= 0.3 is 0 Å². The highest BCUT2D eigenvalue weighted by atomic mass is 79.9. The van der Waals surface area contributed by atoms with Crippen LogP contribution in [0.2, 0.25) is 0 Å². The van der Waals surface area contributed by atoms with Crippen LogP contribution in [0, 0.1) is 11.3 Å². The summed E-state index contributed by atoms with van der Waals surface area (Å²) in [6, 6.07) is 3.47. The molecule has 0 fully saturated rings. The fourth-order valence-electron chi connectivity index (χ4n) is 0.720. The summed E-state index contributed by atoms with van der Waals surface area (Å²) in [6.07, 6.45) is 1.57. The molecular formula is C7H6BrN3O. The van der Waals surface area contributed by atoms with E-state index in [0.717, 1.165) is 4.60 Å². The van der Waals surface area contributed by atoms with Crippen molar-refractivity contribution in [1.29, 1.82) is 5.26 Å². The number of rotatable bonds is 2. The van der Waals surface area contributed by atoms with Gasteiger partial charge in [-0.2, -0.15) is 5.26 Å². The van der Waals surface area contributed by atoms with Crippen molar-refractivity contribution in [1.82, 2.24) is 10.3 Å². The van der Waals surface area contributed by atoms with Crippen molar-refractivity contribution in [2.24, 2.45) is 0 Å². The Balaban J connectivity index is 2.61. The fourth-order valence-corrected chi connectivity index (χ4v) is 1.08. The molecule has 0 aliphatic carbocycles. The standard InChI is InChI=1S/C7H6BrN3O/c8-6-3-5(4-11-6)7(12)10-2-1-9/h3-4,11H,2H2,(H,10,12). The minimum atomic E-state index is -0.251. The summed E-state index contributed by atoms with van der Waals surface area (Å²) in [4.78, 5) is 13.9. The van der Waals surface area contributed by atoms with Gasteiger partial charge in [-0.3, -0.25) is 4.79 Å². The molecule has 0 aromatic carbocycles. The number of aromatic amines is 1. The lowest BCUT2D eigenvalue weighted by Gasteiger charge is -1.94. The van der Waals surface area contributed by atoms with Crippen molar-refractivity contribution in [3.8, 4) is 6.07 Å². The van der Waals surface area contributed by atoms with E-state index in [-0.39, 0.29) is 12.5 Å². The molecule has 0 bridgehead atoms. The molecule has 2 N–H and O–H groups in total. The molecule has 12 heavy (non-hydrogen) atoms. The number of nitriles is 1. The number of hydrogen-bond acceptors (Lipinski definition) is 2. The van der Waals surface area contributed by atoms with Gasteiger partial charge in [-0.1, -0.05) is 0 Å². The number of aromatic nitrogens is 1. The Morgan fingerprint density at radius 1 is 1.83 bits per heavy atom. The largest absolute Gasteiger partial charge is 0.355 e.